The van der Waals surface area contributed by atoms with Crippen LogP contribution in [0.3, 0.4) is 0 Å². The van der Waals surface area contributed by atoms with E-state index in [4.69, 9.17) is 13.9 Å². The molecule has 0 fully saturated rings. The zero-order chi connectivity index (χ0) is 12.5. The topological polar surface area (TPSA) is 68.9 Å². The molecule has 0 saturated heterocycles. The molecule has 0 atom stereocenters. The zero-order valence-corrected chi connectivity index (χ0v) is 9.12. The predicted molar refractivity (Wildman–Crippen MR) is 62.5 cm³/mol. The Morgan fingerprint density at radius 2 is 1.72 bits per heavy atom. The first-order valence-corrected chi connectivity index (χ1v) is 5.19. The summed E-state index contributed by atoms with van der Waals surface area (Å²) in [6.45, 7) is 0. The first kappa shape index (κ1) is 10.5. The monoisotopic (exact) mass is 244 g/mol. The van der Waals surface area contributed by atoms with Crippen molar-refractivity contribution >= 4 is 0 Å². The molecule has 0 radical (unpaired) electrons. The lowest BCUT2D eigenvalue weighted by molar-refractivity contribution is 0.361. The number of aromatic hydroxyl groups is 1. The Bertz CT molecular complexity index is 684. The van der Waals surface area contributed by atoms with Crippen LogP contribution in [0.2, 0.25) is 0 Å². The molecular formula is C13H8O5. The molecule has 5 nitrogen and oxygen atoms in total. The fourth-order valence-electron chi connectivity index (χ4n) is 1.66. The third-order valence-corrected chi connectivity index (χ3v) is 2.43. The van der Waals surface area contributed by atoms with Gasteiger partial charge in [-0.25, -0.2) is 4.79 Å². The van der Waals surface area contributed by atoms with Crippen molar-refractivity contribution < 1.29 is 19.0 Å². The summed E-state index contributed by atoms with van der Waals surface area (Å²) in [5.41, 5.74) is 0.000403. The number of hydrogen-bond acceptors (Lipinski definition) is 5. The third kappa shape index (κ3) is 1.82. The van der Waals surface area contributed by atoms with Crippen molar-refractivity contribution in [1.29, 1.82) is 0 Å². The van der Waals surface area contributed by atoms with Crippen LogP contribution in [0.15, 0.2) is 52.1 Å². The van der Waals surface area contributed by atoms with E-state index in [1.807, 2.05) is 0 Å². The molecule has 0 bridgehead atoms. The lowest BCUT2D eigenvalue weighted by Crippen LogP contribution is -1.98. The second-order valence-electron chi connectivity index (χ2n) is 3.67. The van der Waals surface area contributed by atoms with Gasteiger partial charge in [-0.3, -0.25) is 0 Å². The maximum absolute atomic E-state index is 11.2. The fourth-order valence-corrected chi connectivity index (χ4v) is 1.66. The largest absolute Gasteiger partial charge is 0.508 e. The summed E-state index contributed by atoms with van der Waals surface area (Å²) in [6.07, 6.45) is 2.83. The predicted octanol–water partition coefficient (Wildman–Crippen LogP) is 2.25. The molecule has 1 aliphatic heterocycles. The maximum atomic E-state index is 11.2. The van der Waals surface area contributed by atoms with Gasteiger partial charge >= 0.3 is 5.63 Å². The van der Waals surface area contributed by atoms with Gasteiger partial charge in [-0.15, -0.1) is 0 Å². The Hall–Kier alpha value is -2.69. The average molecular weight is 244 g/mol. The molecular weight excluding hydrogens is 236 g/mol. The standard InChI is InChI=1S/C13H8O5/c14-9-6-11(18-13(15)7-9)8-1-2-10-12(5-8)17-4-3-16-10/h1-7,14H. The summed E-state index contributed by atoms with van der Waals surface area (Å²) in [5, 5.41) is 9.37. The second kappa shape index (κ2) is 3.96. The van der Waals surface area contributed by atoms with Crippen LogP contribution in [-0.4, -0.2) is 5.11 Å². The molecule has 0 amide bonds. The van der Waals surface area contributed by atoms with Crippen molar-refractivity contribution in [2.75, 3.05) is 0 Å². The van der Waals surface area contributed by atoms with E-state index in [9.17, 15) is 9.90 Å². The van der Waals surface area contributed by atoms with Gasteiger partial charge in [0.15, 0.2) is 11.5 Å². The first-order valence-electron chi connectivity index (χ1n) is 5.19. The molecule has 2 heterocycles. The zero-order valence-electron chi connectivity index (χ0n) is 9.12. The molecule has 1 N–H and O–H groups in total. The van der Waals surface area contributed by atoms with E-state index >= 15 is 0 Å². The van der Waals surface area contributed by atoms with Crippen molar-refractivity contribution in [3.05, 3.63) is 53.3 Å². The average Bonchev–Trinajstić information content (AvgIpc) is 2.37. The van der Waals surface area contributed by atoms with Crippen LogP contribution in [0.4, 0.5) is 0 Å². The minimum absolute atomic E-state index is 0.143. The summed E-state index contributed by atoms with van der Waals surface area (Å²) < 4.78 is 15.5. The quantitative estimate of drug-likeness (QED) is 0.833. The van der Waals surface area contributed by atoms with E-state index < -0.39 is 5.63 Å². The smallest absolute Gasteiger partial charge is 0.339 e. The molecule has 1 aromatic carbocycles. The van der Waals surface area contributed by atoms with E-state index in [2.05, 4.69) is 0 Å². The van der Waals surface area contributed by atoms with Crippen LogP contribution >= 0.6 is 0 Å². The summed E-state index contributed by atoms with van der Waals surface area (Å²) in [4.78, 5) is 11.2. The molecule has 0 saturated carbocycles. The third-order valence-electron chi connectivity index (χ3n) is 2.43. The van der Waals surface area contributed by atoms with Gasteiger partial charge < -0.3 is 19.0 Å². The van der Waals surface area contributed by atoms with E-state index in [1.54, 1.807) is 18.2 Å². The summed E-state index contributed by atoms with van der Waals surface area (Å²) in [6, 6.07) is 7.43. The highest BCUT2D eigenvalue weighted by Gasteiger charge is 2.11. The van der Waals surface area contributed by atoms with Gasteiger partial charge in [0.05, 0.1) is 6.07 Å². The minimum atomic E-state index is -0.611. The summed E-state index contributed by atoms with van der Waals surface area (Å²) in [5.74, 6) is 1.21. The highest BCUT2D eigenvalue weighted by molar-refractivity contribution is 5.63. The lowest BCUT2D eigenvalue weighted by atomic mass is 10.1. The summed E-state index contributed by atoms with van der Waals surface area (Å²) in [7, 11) is 0. The number of rotatable bonds is 1. The molecule has 0 aliphatic carbocycles. The van der Waals surface area contributed by atoms with Crippen LogP contribution in [0.25, 0.3) is 11.3 Å². The molecule has 1 aromatic heterocycles. The highest BCUT2D eigenvalue weighted by atomic mass is 16.5. The SMILES string of the molecule is O=c1cc(O)cc(-c2ccc3c(c2)OC=CO3)o1. The molecule has 90 valence electrons. The lowest BCUT2D eigenvalue weighted by Gasteiger charge is -2.12. The molecule has 1 aliphatic rings. The van der Waals surface area contributed by atoms with E-state index in [0.29, 0.717) is 17.1 Å². The van der Waals surface area contributed by atoms with Gasteiger partial charge in [-0.1, -0.05) is 0 Å². The van der Waals surface area contributed by atoms with Gasteiger partial charge in [-0.05, 0) is 18.2 Å². The molecule has 0 unspecified atom stereocenters. The van der Waals surface area contributed by atoms with Crippen molar-refractivity contribution in [2.45, 2.75) is 0 Å². The second-order valence-corrected chi connectivity index (χ2v) is 3.67. The van der Waals surface area contributed by atoms with Gasteiger partial charge in [0.25, 0.3) is 0 Å². The Morgan fingerprint density at radius 1 is 0.944 bits per heavy atom. The van der Waals surface area contributed by atoms with Crippen LogP contribution in [0.1, 0.15) is 0 Å². The van der Waals surface area contributed by atoms with E-state index in [1.165, 1.54) is 18.6 Å². The molecule has 0 spiro atoms. The van der Waals surface area contributed by atoms with Gasteiger partial charge in [0.1, 0.15) is 24.0 Å². The molecule has 3 rings (SSSR count). The van der Waals surface area contributed by atoms with Gasteiger partial charge in [0.2, 0.25) is 0 Å². The van der Waals surface area contributed by atoms with Crippen LogP contribution in [0.5, 0.6) is 17.2 Å². The van der Waals surface area contributed by atoms with E-state index in [-0.39, 0.29) is 11.5 Å². The normalized spacial score (nSPS) is 12.4. The summed E-state index contributed by atoms with van der Waals surface area (Å²) >= 11 is 0. The van der Waals surface area contributed by atoms with Crippen LogP contribution in [0, 0.1) is 0 Å². The van der Waals surface area contributed by atoms with E-state index in [0.717, 1.165) is 6.07 Å². The van der Waals surface area contributed by atoms with Crippen molar-refractivity contribution in [3.63, 3.8) is 0 Å². The number of fused-ring (bicyclic) bond motifs is 1. The van der Waals surface area contributed by atoms with Gasteiger partial charge in [0, 0.05) is 11.6 Å². The Morgan fingerprint density at radius 3 is 2.50 bits per heavy atom. The maximum Gasteiger partial charge on any atom is 0.339 e. The number of hydrogen-bond donors (Lipinski definition) is 1. The molecule has 18 heavy (non-hydrogen) atoms. The molecule has 5 heteroatoms. The van der Waals surface area contributed by atoms with Crippen molar-refractivity contribution in [1.82, 2.24) is 0 Å². The Labute approximate surface area is 102 Å². The number of benzene rings is 1. The minimum Gasteiger partial charge on any atom is -0.508 e. The van der Waals surface area contributed by atoms with Crippen LogP contribution < -0.4 is 15.1 Å². The fraction of sp³-hybridized carbons (Fsp3) is 0. The highest BCUT2D eigenvalue weighted by Crippen LogP contribution is 2.34. The van der Waals surface area contributed by atoms with Crippen molar-refractivity contribution in [2.24, 2.45) is 0 Å². The number of ether oxygens (including phenoxy) is 2. The first-order chi connectivity index (χ1) is 8.72. The van der Waals surface area contributed by atoms with Crippen molar-refractivity contribution in [3.8, 4) is 28.6 Å². The Kier molecular flexibility index (Phi) is 2.30. The molecule has 2 aromatic rings. The Balaban J connectivity index is 2.10. The van der Waals surface area contributed by atoms with Gasteiger partial charge in [-0.2, -0.15) is 0 Å². The van der Waals surface area contributed by atoms with Crippen LogP contribution in [-0.2, 0) is 0 Å².